The van der Waals surface area contributed by atoms with Gasteiger partial charge in [0.15, 0.2) is 0 Å². The second-order valence-corrected chi connectivity index (χ2v) is 11.7. The highest BCUT2D eigenvalue weighted by Gasteiger charge is 2.44. The number of amides is 4. The Morgan fingerprint density at radius 1 is 0.525 bits per heavy atom. The Morgan fingerprint density at radius 2 is 0.875 bits per heavy atom. The van der Waals surface area contributed by atoms with Crippen molar-refractivity contribution in [2.75, 3.05) is 14.1 Å². The fraction of sp³-hybridized carbons (Fsp3) is 0.0667. The molecule has 0 aliphatic carbocycles. The molecule has 4 heterocycles. The molecule has 2 aromatic heterocycles. The van der Waals surface area contributed by atoms with Gasteiger partial charge in [0, 0.05) is 36.0 Å². The molecular weight excluding hydrogens is 544 g/mol. The van der Waals surface area contributed by atoms with Crippen molar-refractivity contribution in [1.82, 2.24) is 19.8 Å². The van der Waals surface area contributed by atoms with Crippen molar-refractivity contribution in [3.8, 4) is 21.1 Å². The number of rotatable bonds is 2. The topological polar surface area (TPSA) is 101 Å². The molecule has 2 aliphatic heterocycles. The van der Waals surface area contributed by atoms with E-state index in [-0.39, 0.29) is 22.3 Å². The predicted octanol–water partition coefficient (Wildman–Crippen LogP) is 5.84. The molecule has 0 N–H and O–H groups in total. The molecule has 0 bridgehead atoms. The fourth-order valence-corrected chi connectivity index (χ4v) is 7.86. The molecule has 8 nitrogen and oxygen atoms in total. The van der Waals surface area contributed by atoms with Crippen molar-refractivity contribution >= 4 is 77.5 Å². The van der Waals surface area contributed by atoms with E-state index in [9.17, 15) is 19.2 Å². The van der Waals surface area contributed by atoms with Gasteiger partial charge in [0.25, 0.3) is 23.6 Å². The fourth-order valence-electron chi connectivity index (χ4n) is 5.62. The van der Waals surface area contributed by atoms with Gasteiger partial charge in [-0.3, -0.25) is 29.0 Å². The second kappa shape index (κ2) is 7.87. The van der Waals surface area contributed by atoms with Crippen LogP contribution < -0.4 is 0 Å². The van der Waals surface area contributed by atoms with E-state index in [1.54, 1.807) is 0 Å². The number of carbonyl (C=O) groups excluding carboxylic acids is 4. The van der Waals surface area contributed by atoms with Crippen LogP contribution in [-0.2, 0) is 0 Å². The van der Waals surface area contributed by atoms with Gasteiger partial charge in [0.1, 0.15) is 10.0 Å². The highest BCUT2D eigenvalue weighted by atomic mass is 32.1. The zero-order valence-electron chi connectivity index (χ0n) is 21.0. The first kappa shape index (κ1) is 23.1. The molecule has 8 rings (SSSR count). The van der Waals surface area contributed by atoms with Gasteiger partial charge in [0.05, 0.1) is 42.7 Å². The summed E-state index contributed by atoms with van der Waals surface area (Å²) in [6, 6.07) is 19.0. The largest absolute Gasteiger partial charge is 0.277 e. The number of hydrogen-bond donors (Lipinski definition) is 0. The molecule has 0 unspecified atom stereocenters. The van der Waals surface area contributed by atoms with E-state index in [1.807, 2.05) is 60.7 Å². The number of carbonyl (C=O) groups is 4. The highest BCUT2D eigenvalue weighted by Crippen LogP contribution is 2.50. The van der Waals surface area contributed by atoms with Gasteiger partial charge in [-0.15, -0.1) is 22.7 Å². The monoisotopic (exact) mass is 560 g/mol. The van der Waals surface area contributed by atoms with E-state index in [2.05, 4.69) is 0 Å². The molecule has 0 atom stereocenters. The van der Waals surface area contributed by atoms with Gasteiger partial charge in [-0.05, 0) is 0 Å². The molecule has 4 amide bonds. The second-order valence-electron chi connectivity index (χ2n) is 9.71. The van der Waals surface area contributed by atoms with Crippen molar-refractivity contribution < 1.29 is 19.2 Å². The van der Waals surface area contributed by atoms with Gasteiger partial charge < -0.3 is 0 Å². The van der Waals surface area contributed by atoms with E-state index >= 15 is 0 Å². The summed E-state index contributed by atoms with van der Waals surface area (Å²) in [6.07, 6.45) is 0. The molecule has 0 fully saturated rings. The molecule has 40 heavy (non-hydrogen) atoms. The van der Waals surface area contributed by atoms with Gasteiger partial charge in [0.2, 0.25) is 0 Å². The van der Waals surface area contributed by atoms with Gasteiger partial charge in [-0.25, -0.2) is 9.97 Å². The zero-order valence-corrected chi connectivity index (χ0v) is 22.6. The molecule has 0 radical (unpaired) electrons. The maximum absolute atomic E-state index is 13.8. The lowest BCUT2D eigenvalue weighted by Crippen LogP contribution is -2.40. The Hall–Kier alpha value is -4.80. The summed E-state index contributed by atoms with van der Waals surface area (Å²) in [7, 11) is 2.89. The molecule has 10 heteroatoms. The van der Waals surface area contributed by atoms with Crippen LogP contribution in [0.15, 0.2) is 60.7 Å². The molecule has 192 valence electrons. The third kappa shape index (κ3) is 2.78. The number of fused-ring (bicyclic) bond motifs is 6. The molecule has 2 aliphatic rings. The van der Waals surface area contributed by atoms with Crippen molar-refractivity contribution in [3.63, 3.8) is 0 Å². The summed E-state index contributed by atoms with van der Waals surface area (Å²) < 4.78 is 1.01. The number of thiazole rings is 2. The average Bonchev–Trinajstić information content (AvgIpc) is 3.62. The van der Waals surface area contributed by atoms with Gasteiger partial charge >= 0.3 is 0 Å². The summed E-state index contributed by atoms with van der Waals surface area (Å²) in [4.78, 5) is 67.0. The van der Waals surface area contributed by atoms with Crippen LogP contribution >= 0.6 is 22.7 Å². The quantitative estimate of drug-likeness (QED) is 0.247. The average molecular weight is 561 g/mol. The Bertz CT molecular complexity index is 1910. The molecule has 6 aromatic rings. The van der Waals surface area contributed by atoms with Crippen LogP contribution in [0, 0.1) is 0 Å². The number of aromatic nitrogens is 2. The van der Waals surface area contributed by atoms with Crippen molar-refractivity contribution in [3.05, 3.63) is 82.9 Å². The summed E-state index contributed by atoms with van der Waals surface area (Å²) in [6.45, 7) is 0. The Labute approximate surface area is 234 Å². The number of imide groups is 2. The third-order valence-electron chi connectivity index (χ3n) is 7.55. The van der Waals surface area contributed by atoms with Crippen LogP contribution in [-0.4, -0.2) is 57.5 Å². The molecule has 0 saturated carbocycles. The summed E-state index contributed by atoms with van der Waals surface area (Å²) in [5, 5.41) is 1.88. The summed E-state index contributed by atoms with van der Waals surface area (Å²) in [5.74, 6) is -2.04. The van der Waals surface area contributed by atoms with Crippen LogP contribution in [0.5, 0.6) is 0 Å². The standard InChI is InChI=1S/C30H16N4O4S2/c1-33-27(35)17-15-16-18(22-23(19(15)29(33)37)39-26(32-22)14-11-7-4-8-12-14)28(36)34(2)30(38)20(16)24-21(17)31-25(40-24)13-9-5-3-6-10-13/h3-12H,1-2H3. The van der Waals surface area contributed by atoms with Crippen molar-refractivity contribution in [1.29, 1.82) is 0 Å². The van der Waals surface area contributed by atoms with Crippen LogP contribution in [0.25, 0.3) is 52.3 Å². The van der Waals surface area contributed by atoms with Crippen molar-refractivity contribution in [2.24, 2.45) is 0 Å². The van der Waals surface area contributed by atoms with Gasteiger partial charge in [-0.1, -0.05) is 60.7 Å². The number of benzene rings is 4. The smallest absolute Gasteiger partial charge is 0.263 e. The van der Waals surface area contributed by atoms with Crippen LogP contribution in [0.1, 0.15) is 41.4 Å². The maximum Gasteiger partial charge on any atom is 0.263 e. The Morgan fingerprint density at radius 3 is 1.25 bits per heavy atom. The van der Waals surface area contributed by atoms with E-state index in [0.29, 0.717) is 41.2 Å². The van der Waals surface area contributed by atoms with Gasteiger partial charge in [-0.2, -0.15) is 0 Å². The minimum atomic E-state index is -0.518. The first-order valence-electron chi connectivity index (χ1n) is 12.4. The highest BCUT2D eigenvalue weighted by molar-refractivity contribution is 7.23. The van der Waals surface area contributed by atoms with Crippen LogP contribution in [0.4, 0.5) is 0 Å². The Kier molecular flexibility index (Phi) is 4.55. The first-order valence-corrected chi connectivity index (χ1v) is 14.0. The third-order valence-corrected chi connectivity index (χ3v) is 9.79. The van der Waals surface area contributed by atoms with E-state index < -0.39 is 23.6 Å². The lowest BCUT2D eigenvalue weighted by Gasteiger charge is -2.30. The molecule has 0 saturated heterocycles. The minimum absolute atomic E-state index is 0.229. The lowest BCUT2D eigenvalue weighted by molar-refractivity contribution is 0.0633. The first-order chi connectivity index (χ1) is 19.4. The van der Waals surface area contributed by atoms with E-state index in [1.165, 1.54) is 36.8 Å². The minimum Gasteiger partial charge on any atom is -0.277 e. The number of hydrogen-bond acceptors (Lipinski definition) is 8. The molecule has 4 aromatic carbocycles. The van der Waals surface area contributed by atoms with E-state index in [0.717, 1.165) is 20.9 Å². The van der Waals surface area contributed by atoms with Crippen LogP contribution in [0.2, 0.25) is 0 Å². The predicted molar refractivity (Wildman–Crippen MR) is 154 cm³/mol. The normalized spacial score (nSPS) is 14.8. The van der Waals surface area contributed by atoms with Crippen LogP contribution in [0.3, 0.4) is 0 Å². The summed E-state index contributed by atoms with van der Waals surface area (Å²) >= 11 is 2.59. The molecule has 0 spiro atoms. The van der Waals surface area contributed by atoms with E-state index in [4.69, 9.17) is 9.97 Å². The lowest BCUT2D eigenvalue weighted by atomic mass is 9.84. The summed E-state index contributed by atoms with van der Waals surface area (Å²) in [5.41, 5.74) is 3.38. The Balaban J connectivity index is 1.63. The SMILES string of the molecule is CN1C(=O)c2c3nc(-c4ccccc4)sc3c3c4c(c5nc(-c6ccccc6)sc5c(c24)C1=O)C(=O)N(C)C3=O. The maximum atomic E-state index is 13.8. The number of nitrogens with zero attached hydrogens (tertiary/aromatic N) is 4. The van der Waals surface area contributed by atoms with Crippen molar-refractivity contribution in [2.45, 2.75) is 0 Å². The zero-order chi connectivity index (χ0) is 27.4. The molecular formula is C30H16N4O4S2.